The third-order valence-electron chi connectivity index (χ3n) is 3.09. The predicted molar refractivity (Wildman–Crippen MR) is 105 cm³/mol. The molecule has 0 radical (unpaired) electrons. The average Bonchev–Trinajstić information content (AvgIpc) is 2.66. The first kappa shape index (κ1) is 19.7. The molecule has 0 bridgehead atoms. The second kappa shape index (κ2) is 10.4. The molecule has 0 heterocycles. The van der Waals surface area contributed by atoms with E-state index in [9.17, 15) is 4.79 Å². The van der Waals surface area contributed by atoms with Gasteiger partial charge in [0.15, 0.2) is 11.5 Å². The van der Waals surface area contributed by atoms with Gasteiger partial charge in [0.1, 0.15) is 6.61 Å². The van der Waals surface area contributed by atoms with Crippen LogP contribution in [0, 0.1) is 12.3 Å². The molecule has 0 aromatic heterocycles. The van der Waals surface area contributed by atoms with Gasteiger partial charge in [-0.05, 0) is 48.0 Å². The topological polar surface area (TPSA) is 59.9 Å². The molecule has 0 spiro atoms. The number of halogens is 1. The number of hydrogen-bond donors (Lipinski definition) is 1. The molecule has 1 N–H and O–H groups in total. The summed E-state index contributed by atoms with van der Waals surface area (Å²) >= 11 is 7.23. The minimum atomic E-state index is -0.206. The fourth-order valence-electron chi connectivity index (χ4n) is 1.89. The quantitative estimate of drug-likeness (QED) is 0.325. The van der Waals surface area contributed by atoms with Gasteiger partial charge in [-0.1, -0.05) is 17.5 Å². The van der Waals surface area contributed by atoms with Gasteiger partial charge in [0.2, 0.25) is 5.91 Å². The van der Waals surface area contributed by atoms with Crippen LogP contribution < -0.4 is 14.9 Å². The molecule has 26 heavy (non-hydrogen) atoms. The van der Waals surface area contributed by atoms with Crippen LogP contribution in [-0.2, 0) is 4.79 Å². The lowest BCUT2D eigenvalue weighted by molar-refractivity contribution is -0.118. The Kier molecular flexibility index (Phi) is 7.87. The highest BCUT2D eigenvalue weighted by Gasteiger charge is 2.05. The molecular weight excluding hydrogens is 372 g/mol. The summed E-state index contributed by atoms with van der Waals surface area (Å²) in [6.45, 7) is 0.158. The van der Waals surface area contributed by atoms with Crippen LogP contribution in [0.15, 0.2) is 52.5 Å². The number of methoxy groups -OCH3 is 1. The van der Waals surface area contributed by atoms with Crippen molar-refractivity contribution in [1.82, 2.24) is 5.43 Å². The predicted octanol–water partition coefficient (Wildman–Crippen LogP) is 3.60. The Balaban J connectivity index is 1.86. The number of carbonyl (C=O) groups is 1. The zero-order valence-electron chi connectivity index (χ0n) is 14.1. The lowest BCUT2D eigenvalue weighted by Gasteiger charge is -2.09. The van der Waals surface area contributed by atoms with Crippen LogP contribution in [0.5, 0.6) is 11.5 Å². The number of nitrogens with one attached hydrogen (secondary N) is 1. The van der Waals surface area contributed by atoms with E-state index in [-0.39, 0.29) is 18.3 Å². The van der Waals surface area contributed by atoms with Gasteiger partial charge in [-0.25, -0.2) is 5.43 Å². The van der Waals surface area contributed by atoms with E-state index in [1.165, 1.54) is 25.1 Å². The van der Waals surface area contributed by atoms with Crippen molar-refractivity contribution in [2.24, 2.45) is 5.10 Å². The summed E-state index contributed by atoms with van der Waals surface area (Å²) in [5, 5.41) is 4.61. The molecule has 0 saturated carbocycles. The van der Waals surface area contributed by atoms with Crippen LogP contribution in [0.1, 0.15) is 5.56 Å². The minimum Gasteiger partial charge on any atom is -0.493 e. The molecule has 1 amide bonds. The molecule has 5 nitrogen and oxygen atoms in total. The van der Waals surface area contributed by atoms with Crippen molar-refractivity contribution >= 4 is 35.5 Å². The maximum atomic E-state index is 11.8. The van der Waals surface area contributed by atoms with Crippen molar-refractivity contribution in [2.75, 3.05) is 19.5 Å². The van der Waals surface area contributed by atoms with Gasteiger partial charge in [-0.2, -0.15) is 5.10 Å². The Hall–Kier alpha value is -2.62. The maximum absolute atomic E-state index is 11.8. The smallest absolute Gasteiger partial charge is 0.250 e. The Morgan fingerprint density at radius 1 is 1.31 bits per heavy atom. The summed E-state index contributed by atoms with van der Waals surface area (Å²) in [5.41, 5.74) is 3.23. The Morgan fingerprint density at radius 2 is 2.08 bits per heavy atom. The monoisotopic (exact) mass is 388 g/mol. The van der Waals surface area contributed by atoms with Crippen molar-refractivity contribution in [2.45, 2.75) is 4.90 Å². The number of rotatable bonds is 8. The van der Waals surface area contributed by atoms with Crippen molar-refractivity contribution in [1.29, 1.82) is 0 Å². The van der Waals surface area contributed by atoms with Gasteiger partial charge in [0.05, 0.1) is 19.1 Å². The largest absolute Gasteiger partial charge is 0.493 e. The van der Waals surface area contributed by atoms with E-state index in [0.29, 0.717) is 16.5 Å². The van der Waals surface area contributed by atoms with Gasteiger partial charge in [-0.3, -0.25) is 4.79 Å². The van der Waals surface area contributed by atoms with E-state index >= 15 is 0 Å². The van der Waals surface area contributed by atoms with E-state index in [1.54, 1.807) is 30.3 Å². The molecular formula is C19H17ClN2O3S. The van der Waals surface area contributed by atoms with E-state index in [4.69, 9.17) is 27.5 Å². The van der Waals surface area contributed by atoms with E-state index in [0.717, 1.165) is 10.5 Å². The molecule has 2 aromatic carbocycles. The third kappa shape index (κ3) is 6.36. The molecule has 134 valence electrons. The van der Waals surface area contributed by atoms with Crippen molar-refractivity contribution in [3.05, 3.63) is 53.1 Å². The molecule has 2 rings (SSSR count). The van der Waals surface area contributed by atoms with Crippen molar-refractivity contribution < 1.29 is 14.3 Å². The number of hydrazone groups is 1. The number of nitrogens with zero attached hydrogens (tertiary/aromatic N) is 1. The number of carbonyl (C=O) groups excluding carboxylic acids is 1. The second-order valence-corrected chi connectivity index (χ2v) is 6.42. The zero-order chi connectivity index (χ0) is 18.8. The Labute approximate surface area is 161 Å². The highest BCUT2D eigenvalue weighted by Crippen LogP contribution is 2.27. The molecule has 0 aliphatic heterocycles. The molecule has 0 aliphatic rings. The van der Waals surface area contributed by atoms with Crippen LogP contribution >= 0.6 is 23.4 Å². The summed E-state index contributed by atoms with van der Waals surface area (Å²) < 4.78 is 10.6. The SMILES string of the molecule is C#CCOc1ccc(/C=N\NC(=O)CSc2ccc(Cl)cc2)cc1OC. The van der Waals surface area contributed by atoms with Gasteiger partial charge in [0.25, 0.3) is 0 Å². The molecule has 0 aliphatic carbocycles. The second-order valence-electron chi connectivity index (χ2n) is 4.94. The highest BCUT2D eigenvalue weighted by atomic mass is 35.5. The standard InChI is InChI=1S/C19H17ClN2O3S/c1-3-10-25-17-9-4-14(11-18(17)24-2)12-21-22-19(23)13-26-16-7-5-15(20)6-8-16/h1,4-9,11-12H,10,13H2,2H3,(H,22,23)/b21-12-. The molecule has 7 heteroatoms. The molecule has 2 aromatic rings. The summed E-state index contributed by atoms with van der Waals surface area (Å²) in [4.78, 5) is 12.8. The molecule has 0 atom stereocenters. The number of ether oxygens (including phenoxy) is 2. The van der Waals surface area contributed by atoms with Crippen molar-refractivity contribution in [3.63, 3.8) is 0 Å². The van der Waals surface area contributed by atoms with Gasteiger partial charge >= 0.3 is 0 Å². The lowest BCUT2D eigenvalue weighted by Crippen LogP contribution is -2.19. The summed E-state index contributed by atoms with van der Waals surface area (Å²) in [6, 6.07) is 12.5. The maximum Gasteiger partial charge on any atom is 0.250 e. The van der Waals surface area contributed by atoms with E-state index < -0.39 is 0 Å². The summed E-state index contributed by atoms with van der Waals surface area (Å²) in [7, 11) is 1.54. The fraction of sp³-hybridized carbons (Fsp3) is 0.158. The first-order valence-electron chi connectivity index (χ1n) is 7.57. The number of benzene rings is 2. The van der Waals surface area contributed by atoms with Gasteiger partial charge < -0.3 is 9.47 Å². The first-order valence-corrected chi connectivity index (χ1v) is 8.93. The van der Waals surface area contributed by atoms with Crippen molar-refractivity contribution in [3.8, 4) is 23.8 Å². The average molecular weight is 389 g/mol. The molecule has 0 unspecified atom stereocenters. The normalized spacial score (nSPS) is 10.3. The summed E-state index contributed by atoms with van der Waals surface area (Å²) in [6.07, 6.45) is 6.70. The van der Waals surface area contributed by atoms with E-state index in [1.807, 2.05) is 12.1 Å². The van der Waals surface area contributed by atoms with Crippen LogP contribution in [0.25, 0.3) is 0 Å². The Morgan fingerprint density at radius 3 is 2.77 bits per heavy atom. The van der Waals surface area contributed by atoms with Crippen LogP contribution in [-0.4, -0.2) is 31.6 Å². The van der Waals surface area contributed by atoms with Gasteiger partial charge in [-0.15, -0.1) is 18.2 Å². The van der Waals surface area contributed by atoms with E-state index in [2.05, 4.69) is 16.4 Å². The fourth-order valence-corrected chi connectivity index (χ4v) is 2.71. The number of terminal acetylenes is 1. The lowest BCUT2D eigenvalue weighted by atomic mass is 10.2. The molecule has 0 fully saturated rings. The number of hydrogen-bond acceptors (Lipinski definition) is 5. The molecule has 0 saturated heterocycles. The third-order valence-corrected chi connectivity index (χ3v) is 4.35. The Bertz CT molecular complexity index is 817. The number of thioether (sulfide) groups is 1. The van der Waals surface area contributed by atoms with Gasteiger partial charge in [0, 0.05) is 9.92 Å². The van der Waals surface area contributed by atoms with Crippen LogP contribution in [0.2, 0.25) is 5.02 Å². The first-order chi connectivity index (χ1) is 12.6. The zero-order valence-corrected chi connectivity index (χ0v) is 15.6. The summed E-state index contributed by atoms with van der Waals surface area (Å²) in [5.74, 6) is 3.52. The van der Waals surface area contributed by atoms with Crippen LogP contribution in [0.4, 0.5) is 0 Å². The highest BCUT2D eigenvalue weighted by molar-refractivity contribution is 8.00. The van der Waals surface area contributed by atoms with Crippen LogP contribution in [0.3, 0.4) is 0 Å². The minimum absolute atomic E-state index is 0.158. The number of amides is 1.